The van der Waals surface area contributed by atoms with Crippen molar-refractivity contribution in [3.63, 3.8) is 0 Å². The average Bonchev–Trinajstić information content (AvgIpc) is 2.38. The van der Waals surface area contributed by atoms with Crippen molar-refractivity contribution in [3.05, 3.63) is 12.3 Å². The van der Waals surface area contributed by atoms with Gasteiger partial charge in [0, 0.05) is 12.6 Å². The predicted molar refractivity (Wildman–Crippen MR) is 72.3 cm³/mol. The van der Waals surface area contributed by atoms with Gasteiger partial charge in [0.15, 0.2) is 0 Å². The van der Waals surface area contributed by atoms with Gasteiger partial charge in [0.25, 0.3) is 0 Å². The van der Waals surface area contributed by atoms with Crippen LogP contribution < -0.4 is 5.32 Å². The van der Waals surface area contributed by atoms with Gasteiger partial charge in [-0.3, -0.25) is 14.5 Å². The lowest BCUT2D eigenvalue weighted by atomic mass is 10.2. The Morgan fingerprint density at radius 2 is 1.81 bits per heavy atom. The minimum absolute atomic E-state index is 0.116. The Bertz CT molecular complexity index is 389. The van der Waals surface area contributed by atoms with E-state index in [0.29, 0.717) is 25.5 Å². The van der Waals surface area contributed by atoms with Gasteiger partial charge < -0.3 is 19.5 Å². The topological polar surface area (TPSA) is 94.2 Å². The molecule has 1 aliphatic rings. The van der Waals surface area contributed by atoms with E-state index in [0.717, 1.165) is 4.90 Å². The van der Waals surface area contributed by atoms with E-state index in [1.807, 2.05) is 0 Å². The molecule has 8 nitrogen and oxygen atoms in total. The molecule has 0 saturated carbocycles. The molecule has 8 heteroatoms. The molecule has 1 heterocycles. The molecule has 0 aromatic heterocycles. The summed E-state index contributed by atoms with van der Waals surface area (Å²) in [6, 6.07) is -0.475. The summed E-state index contributed by atoms with van der Waals surface area (Å²) in [7, 11) is 0. The number of imide groups is 1. The molecule has 1 N–H and O–H groups in total. The van der Waals surface area contributed by atoms with Crippen LogP contribution in [0.3, 0.4) is 0 Å². The third kappa shape index (κ3) is 6.87. The van der Waals surface area contributed by atoms with Crippen LogP contribution in [0.5, 0.6) is 0 Å². The number of nitrogens with zero attached hydrogens (tertiary/aromatic N) is 1. The Balaban J connectivity index is 2.01. The van der Waals surface area contributed by atoms with Crippen LogP contribution in [0.15, 0.2) is 12.3 Å². The molecule has 1 fully saturated rings. The van der Waals surface area contributed by atoms with Crippen LogP contribution in [-0.2, 0) is 23.8 Å². The molecular weight excluding hydrogens is 280 g/mol. The molecule has 3 amide bonds. The van der Waals surface area contributed by atoms with Crippen molar-refractivity contribution in [1.82, 2.24) is 10.2 Å². The largest absolute Gasteiger partial charge is 0.463 e. The molecule has 0 atom stereocenters. The average molecular weight is 300 g/mol. The summed E-state index contributed by atoms with van der Waals surface area (Å²) in [6.45, 7) is 6.49. The van der Waals surface area contributed by atoms with Gasteiger partial charge in [0.05, 0.1) is 39.4 Å². The molecule has 0 aliphatic carbocycles. The molecule has 0 aromatic carbocycles. The first-order valence-corrected chi connectivity index (χ1v) is 6.58. The number of nitrogens with one attached hydrogen (secondary N) is 1. The second-order valence-corrected chi connectivity index (χ2v) is 4.32. The number of urea groups is 1. The Kier molecular flexibility index (Phi) is 7.41. The van der Waals surface area contributed by atoms with Crippen molar-refractivity contribution in [3.8, 4) is 0 Å². The standard InChI is InChI=1S/C13H20N2O6/c1-10-9-12(17)15(13(18)14-10)3-4-19-5-6-20-7-8-21-11(2)16/h1,3-9H2,2H3,(H,14,18). The highest BCUT2D eigenvalue weighted by atomic mass is 16.6. The molecular formula is C13H20N2O6. The molecule has 1 rings (SSSR count). The zero-order chi connectivity index (χ0) is 15.7. The maximum Gasteiger partial charge on any atom is 0.328 e. The number of esters is 1. The van der Waals surface area contributed by atoms with E-state index in [9.17, 15) is 14.4 Å². The number of carbonyl (C=O) groups is 3. The minimum Gasteiger partial charge on any atom is -0.463 e. The molecule has 1 aliphatic heterocycles. The summed E-state index contributed by atoms with van der Waals surface area (Å²) in [4.78, 5) is 34.7. The molecule has 0 bridgehead atoms. The fourth-order valence-corrected chi connectivity index (χ4v) is 1.60. The fraction of sp³-hybridized carbons (Fsp3) is 0.615. The highest BCUT2D eigenvalue weighted by Crippen LogP contribution is 2.08. The van der Waals surface area contributed by atoms with Gasteiger partial charge in [0.1, 0.15) is 6.61 Å². The van der Waals surface area contributed by atoms with Crippen LogP contribution in [0.2, 0.25) is 0 Å². The van der Waals surface area contributed by atoms with Gasteiger partial charge in [-0.2, -0.15) is 0 Å². The number of ether oxygens (including phenoxy) is 3. The fourth-order valence-electron chi connectivity index (χ4n) is 1.60. The third-order valence-electron chi connectivity index (χ3n) is 2.56. The predicted octanol–water partition coefficient (Wildman–Crippen LogP) is 0.0383. The molecule has 0 unspecified atom stereocenters. The monoisotopic (exact) mass is 300 g/mol. The quantitative estimate of drug-likeness (QED) is 0.477. The first-order valence-electron chi connectivity index (χ1n) is 6.58. The second-order valence-electron chi connectivity index (χ2n) is 4.32. The number of hydrogen-bond donors (Lipinski definition) is 1. The number of amides is 3. The van der Waals surface area contributed by atoms with E-state index < -0.39 is 6.03 Å². The first-order chi connectivity index (χ1) is 10.0. The van der Waals surface area contributed by atoms with E-state index in [4.69, 9.17) is 9.47 Å². The van der Waals surface area contributed by atoms with Crippen molar-refractivity contribution in [2.75, 3.05) is 39.6 Å². The first kappa shape index (κ1) is 17.1. The molecule has 118 valence electrons. The Morgan fingerprint density at radius 3 is 2.43 bits per heavy atom. The van der Waals surface area contributed by atoms with E-state index in [-0.39, 0.29) is 38.1 Å². The van der Waals surface area contributed by atoms with Crippen LogP contribution in [0, 0.1) is 0 Å². The van der Waals surface area contributed by atoms with Crippen LogP contribution in [0.25, 0.3) is 0 Å². The van der Waals surface area contributed by atoms with Crippen LogP contribution in [0.4, 0.5) is 4.79 Å². The lowest BCUT2D eigenvalue weighted by molar-refractivity contribution is -0.142. The minimum atomic E-state index is -0.475. The Morgan fingerprint density at radius 1 is 1.19 bits per heavy atom. The van der Waals surface area contributed by atoms with Crippen molar-refractivity contribution in [2.24, 2.45) is 0 Å². The van der Waals surface area contributed by atoms with Gasteiger partial charge >= 0.3 is 12.0 Å². The number of rotatable bonds is 9. The number of hydrogen-bond acceptors (Lipinski definition) is 6. The summed E-state index contributed by atoms with van der Waals surface area (Å²) >= 11 is 0. The summed E-state index contributed by atoms with van der Waals surface area (Å²) in [5.74, 6) is -0.632. The van der Waals surface area contributed by atoms with Crippen LogP contribution >= 0.6 is 0 Å². The van der Waals surface area contributed by atoms with Gasteiger partial charge in [-0.1, -0.05) is 6.58 Å². The maximum atomic E-state index is 11.6. The van der Waals surface area contributed by atoms with Crippen molar-refractivity contribution >= 4 is 17.9 Å². The number of carbonyl (C=O) groups excluding carboxylic acids is 3. The maximum absolute atomic E-state index is 11.6. The molecule has 1 saturated heterocycles. The lowest BCUT2D eigenvalue weighted by Gasteiger charge is -2.26. The second kappa shape index (κ2) is 9.09. The molecule has 21 heavy (non-hydrogen) atoms. The Labute approximate surface area is 123 Å². The smallest absolute Gasteiger partial charge is 0.328 e. The van der Waals surface area contributed by atoms with Gasteiger partial charge in [-0.25, -0.2) is 4.79 Å². The summed E-state index contributed by atoms with van der Waals surface area (Å²) in [5, 5.41) is 2.49. The molecule has 0 aromatic rings. The van der Waals surface area contributed by atoms with Crippen LogP contribution in [-0.4, -0.2) is 62.4 Å². The van der Waals surface area contributed by atoms with E-state index in [1.165, 1.54) is 6.92 Å². The van der Waals surface area contributed by atoms with E-state index >= 15 is 0 Å². The van der Waals surface area contributed by atoms with Crippen molar-refractivity contribution in [2.45, 2.75) is 13.3 Å². The summed E-state index contributed by atoms with van der Waals surface area (Å²) in [6.07, 6.45) is 0.116. The lowest BCUT2D eigenvalue weighted by Crippen LogP contribution is -2.49. The SMILES string of the molecule is C=C1CC(=O)N(CCOCCOCCOC(C)=O)C(=O)N1. The van der Waals surface area contributed by atoms with Gasteiger partial charge in [-0.05, 0) is 0 Å². The zero-order valence-electron chi connectivity index (χ0n) is 12.1. The van der Waals surface area contributed by atoms with E-state index in [1.54, 1.807) is 0 Å². The molecule has 0 spiro atoms. The molecule has 0 radical (unpaired) electrons. The van der Waals surface area contributed by atoms with Gasteiger partial charge in [-0.15, -0.1) is 0 Å². The Hall–Kier alpha value is -1.93. The van der Waals surface area contributed by atoms with Crippen molar-refractivity contribution < 1.29 is 28.6 Å². The normalized spacial score (nSPS) is 15.1. The van der Waals surface area contributed by atoms with Crippen molar-refractivity contribution in [1.29, 1.82) is 0 Å². The van der Waals surface area contributed by atoms with Gasteiger partial charge in [0.2, 0.25) is 5.91 Å². The van der Waals surface area contributed by atoms with Crippen LogP contribution in [0.1, 0.15) is 13.3 Å². The zero-order valence-corrected chi connectivity index (χ0v) is 12.1. The highest BCUT2D eigenvalue weighted by molar-refractivity contribution is 5.99. The third-order valence-corrected chi connectivity index (χ3v) is 2.56. The highest BCUT2D eigenvalue weighted by Gasteiger charge is 2.27. The van der Waals surface area contributed by atoms with E-state index in [2.05, 4.69) is 16.6 Å². The summed E-state index contributed by atoms with van der Waals surface area (Å²) in [5.41, 5.74) is 0.406. The summed E-state index contributed by atoms with van der Waals surface area (Å²) < 4.78 is 15.1.